The summed E-state index contributed by atoms with van der Waals surface area (Å²) < 4.78 is 53.6. The lowest BCUT2D eigenvalue weighted by atomic mass is 10.2. The van der Waals surface area contributed by atoms with Crippen LogP contribution in [0.15, 0.2) is 52.5 Å². The minimum atomic E-state index is -4.12. The fourth-order valence-corrected chi connectivity index (χ4v) is 5.26. The first-order valence-electron chi connectivity index (χ1n) is 9.81. The first-order valence-corrected chi connectivity index (χ1v) is 11.3. The zero-order valence-corrected chi connectivity index (χ0v) is 17.0. The van der Waals surface area contributed by atoms with Crippen LogP contribution in [0.25, 0.3) is 0 Å². The second-order valence-corrected chi connectivity index (χ2v) is 9.25. The van der Waals surface area contributed by atoms with Crippen LogP contribution in [0.1, 0.15) is 31.2 Å². The highest BCUT2D eigenvalue weighted by molar-refractivity contribution is 8.08. The molecular formula is C21H21F2N3O3S. The number of rotatable bonds is 3. The number of hydrogen-bond acceptors (Lipinski definition) is 5. The minimum Gasteiger partial charge on any atom is -0.337 e. The minimum absolute atomic E-state index is 0.0463. The van der Waals surface area contributed by atoms with Gasteiger partial charge in [0.2, 0.25) is 14.9 Å². The van der Waals surface area contributed by atoms with Gasteiger partial charge in [-0.3, -0.25) is 9.80 Å². The summed E-state index contributed by atoms with van der Waals surface area (Å²) in [5.41, 5.74) is 0.529. The quantitative estimate of drug-likeness (QED) is 0.743. The van der Waals surface area contributed by atoms with E-state index in [1.54, 1.807) is 18.2 Å². The number of halogens is 2. The van der Waals surface area contributed by atoms with Crippen LogP contribution in [-0.4, -0.2) is 37.4 Å². The normalized spacial score (nSPS) is 18.4. The molecule has 2 aliphatic heterocycles. The summed E-state index contributed by atoms with van der Waals surface area (Å²) in [7, 11) is -4.12. The van der Waals surface area contributed by atoms with Crippen molar-refractivity contribution in [2.24, 2.45) is 5.10 Å². The van der Waals surface area contributed by atoms with Gasteiger partial charge in [-0.1, -0.05) is 25.0 Å². The zero-order chi connectivity index (χ0) is 21.3. The highest BCUT2D eigenvalue weighted by atomic mass is 32.2. The number of hydrazone groups is 1. The highest BCUT2D eigenvalue weighted by Gasteiger charge is 2.39. The Morgan fingerprint density at radius 2 is 1.60 bits per heavy atom. The predicted molar refractivity (Wildman–Crippen MR) is 109 cm³/mol. The van der Waals surface area contributed by atoms with Crippen molar-refractivity contribution >= 4 is 26.5 Å². The van der Waals surface area contributed by atoms with Gasteiger partial charge in [-0.2, -0.15) is 5.10 Å². The van der Waals surface area contributed by atoms with Crippen LogP contribution in [0, 0.1) is 11.6 Å². The maximum atomic E-state index is 13.6. The molecule has 6 nitrogen and oxygen atoms in total. The van der Waals surface area contributed by atoms with Gasteiger partial charge in [0.25, 0.3) is 5.91 Å². The Morgan fingerprint density at radius 1 is 0.967 bits per heavy atom. The van der Waals surface area contributed by atoms with Gasteiger partial charge in [-0.05, 0) is 42.7 Å². The number of likely N-dealkylation sites (tertiary alicyclic amines) is 1. The molecule has 2 heterocycles. The topological polar surface area (TPSA) is 70.0 Å². The molecule has 2 aromatic carbocycles. The molecule has 0 saturated carbocycles. The number of carbonyl (C=O) groups is 1. The van der Waals surface area contributed by atoms with Gasteiger partial charge in [0, 0.05) is 19.2 Å². The number of nitrogens with zero attached hydrogens (tertiary/aromatic N) is 3. The molecular weight excluding hydrogens is 412 g/mol. The average molecular weight is 433 g/mol. The number of fused-ring (bicyclic) bond motifs is 1. The van der Waals surface area contributed by atoms with Crippen LogP contribution in [0.4, 0.5) is 14.5 Å². The van der Waals surface area contributed by atoms with Crippen molar-refractivity contribution in [2.45, 2.75) is 37.1 Å². The lowest BCUT2D eigenvalue weighted by molar-refractivity contribution is -0.123. The Hall–Kier alpha value is -2.81. The molecule has 0 unspecified atom stereocenters. The molecule has 1 fully saturated rings. The number of carbonyl (C=O) groups excluding carboxylic acids is 1. The summed E-state index contributed by atoms with van der Waals surface area (Å²) in [5.74, 6) is -2.12. The van der Waals surface area contributed by atoms with Crippen LogP contribution in [0.5, 0.6) is 0 Å². The summed E-state index contributed by atoms with van der Waals surface area (Å²) in [5, 5.41) is 4.92. The number of sulfone groups is 1. The Balaban J connectivity index is 1.76. The van der Waals surface area contributed by atoms with E-state index in [4.69, 9.17) is 0 Å². The van der Waals surface area contributed by atoms with E-state index in [0.29, 0.717) is 13.1 Å². The Bertz CT molecular complexity index is 1090. The molecule has 9 heteroatoms. The number of amides is 1. The molecule has 0 aliphatic carbocycles. The molecule has 0 aromatic heterocycles. The molecule has 0 atom stereocenters. The van der Waals surface area contributed by atoms with Gasteiger partial charge in [-0.25, -0.2) is 17.2 Å². The summed E-state index contributed by atoms with van der Waals surface area (Å²) in [4.78, 5) is 14.6. The number of para-hydroxylation sites is 1. The fraction of sp³-hybridized carbons (Fsp3) is 0.333. The summed E-state index contributed by atoms with van der Waals surface area (Å²) in [6.07, 6.45) is 3.59. The Kier molecular flexibility index (Phi) is 5.55. The van der Waals surface area contributed by atoms with Gasteiger partial charge in [0.15, 0.2) is 0 Å². The molecule has 1 amide bonds. The second-order valence-electron chi connectivity index (χ2n) is 7.42. The molecule has 0 spiro atoms. The first kappa shape index (κ1) is 20.5. The molecule has 158 valence electrons. The van der Waals surface area contributed by atoms with E-state index in [1.165, 1.54) is 16.0 Å². The van der Waals surface area contributed by atoms with E-state index in [-0.39, 0.29) is 22.7 Å². The molecule has 4 rings (SSSR count). The molecule has 2 aliphatic rings. The lowest BCUT2D eigenvalue weighted by Gasteiger charge is -2.29. The Labute approximate surface area is 173 Å². The van der Waals surface area contributed by atoms with Gasteiger partial charge >= 0.3 is 0 Å². The van der Waals surface area contributed by atoms with Crippen molar-refractivity contribution in [1.29, 1.82) is 0 Å². The predicted octanol–water partition coefficient (Wildman–Crippen LogP) is 3.47. The third kappa shape index (κ3) is 3.94. The van der Waals surface area contributed by atoms with Crippen LogP contribution in [-0.2, 0) is 21.2 Å². The van der Waals surface area contributed by atoms with E-state index >= 15 is 0 Å². The standard InChI is InChI=1S/C21H21F2N3O3S/c22-16-11-15(12-17(23)13-16)14-26-18-7-3-4-8-19(18)30(28,29)20(24-26)21(27)25-9-5-1-2-6-10-25/h3-4,7-8,11-13H,1-2,5-6,9-10,14H2. The van der Waals surface area contributed by atoms with Crippen molar-refractivity contribution in [1.82, 2.24) is 4.90 Å². The SMILES string of the molecule is O=C(C1=NN(Cc2cc(F)cc(F)c2)c2ccccc2S1(=O)=O)N1CCCCCC1. The maximum absolute atomic E-state index is 13.6. The van der Waals surface area contributed by atoms with Crippen LogP contribution in [0.3, 0.4) is 0 Å². The molecule has 0 bridgehead atoms. The zero-order valence-electron chi connectivity index (χ0n) is 16.2. The van der Waals surface area contributed by atoms with Crippen LogP contribution >= 0.6 is 0 Å². The van der Waals surface area contributed by atoms with Gasteiger partial charge < -0.3 is 4.90 Å². The summed E-state index contributed by atoms with van der Waals surface area (Å²) >= 11 is 0. The van der Waals surface area contributed by atoms with E-state index in [1.807, 2.05) is 0 Å². The van der Waals surface area contributed by atoms with E-state index in [2.05, 4.69) is 5.10 Å². The smallest absolute Gasteiger partial charge is 0.286 e. The summed E-state index contributed by atoms with van der Waals surface area (Å²) in [6, 6.07) is 9.24. The third-order valence-corrected chi connectivity index (χ3v) is 6.92. The molecule has 1 saturated heterocycles. The fourth-order valence-electron chi connectivity index (χ4n) is 3.78. The Morgan fingerprint density at radius 3 is 2.27 bits per heavy atom. The number of benzene rings is 2. The van der Waals surface area contributed by atoms with Crippen LogP contribution < -0.4 is 5.01 Å². The van der Waals surface area contributed by atoms with E-state index < -0.39 is 32.4 Å². The summed E-state index contributed by atoms with van der Waals surface area (Å²) in [6.45, 7) is 0.867. The largest absolute Gasteiger partial charge is 0.337 e. The molecule has 0 N–H and O–H groups in total. The average Bonchev–Trinajstić information content (AvgIpc) is 2.98. The van der Waals surface area contributed by atoms with Gasteiger partial charge in [0.05, 0.1) is 17.1 Å². The first-order chi connectivity index (χ1) is 14.4. The van der Waals surface area contributed by atoms with E-state index in [0.717, 1.165) is 43.9 Å². The van der Waals surface area contributed by atoms with E-state index in [9.17, 15) is 22.0 Å². The van der Waals surface area contributed by atoms with Crippen LogP contribution in [0.2, 0.25) is 0 Å². The van der Waals surface area contributed by atoms with Crippen molar-refractivity contribution in [3.8, 4) is 0 Å². The monoisotopic (exact) mass is 433 g/mol. The third-order valence-electron chi connectivity index (χ3n) is 5.23. The highest BCUT2D eigenvalue weighted by Crippen LogP contribution is 2.33. The van der Waals surface area contributed by atoms with Gasteiger partial charge in [-0.15, -0.1) is 0 Å². The van der Waals surface area contributed by atoms with Crippen molar-refractivity contribution in [3.63, 3.8) is 0 Å². The molecule has 30 heavy (non-hydrogen) atoms. The number of hydrogen-bond donors (Lipinski definition) is 0. The second kappa shape index (κ2) is 8.14. The molecule has 0 radical (unpaired) electrons. The lowest BCUT2D eigenvalue weighted by Crippen LogP contribution is -2.43. The maximum Gasteiger partial charge on any atom is 0.286 e. The number of anilines is 1. The van der Waals surface area contributed by atoms with Crippen molar-refractivity contribution in [3.05, 3.63) is 59.7 Å². The van der Waals surface area contributed by atoms with Gasteiger partial charge in [0.1, 0.15) is 11.6 Å². The van der Waals surface area contributed by atoms with Crippen molar-refractivity contribution in [2.75, 3.05) is 18.1 Å². The molecule has 2 aromatic rings. The van der Waals surface area contributed by atoms with Crippen molar-refractivity contribution < 1.29 is 22.0 Å².